The van der Waals surface area contributed by atoms with Gasteiger partial charge < -0.3 is 14.6 Å². The van der Waals surface area contributed by atoms with Gasteiger partial charge in [-0.15, -0.1) is 0 Å². The number of aryl methyl sites for hydroxylation is 3. The van der Waals surface area contributed by atoms with Gasteiger partial charge in [0, 0.05) is 6.54 Å². The number of amides is 1. The Kier molecular flexibility index (Phi) is 5.73. The van der Waals surface area contributed by atoms with Crippen LogP contribution < -0.4 is 5.32 Å². The second-order valence-electron chi connectivity index (χ2n) is 5.66. The Morgan fingerprint density at radius 3 is 2.54 bits per heavy atom. The number of benzene rings is 1. The maximum Gasteiger partial charge on any atom is 0.344 e. The third-order valence-electron chi connectivity index (χ3n) is 3.71. The number of carbonyl (C=O) groups is 2. The Morgan fingerprint density at radius 1 is 1.25 bits per heavy atom. The van der Waals surface area contributed by atoms with Crippen LogP contribution in [0.5, 0.6) is 0 Å². The van der Waals surface area contributed by atoms with E-state index in [0.717, 1.165) is 11.1 Å². The van der Waals surface area contributed by atoms with Crippen molar-refractivity contribution < 1.29 is 18.8 Å². The summed E-state index contributed by atoms with van der Waals surface area (Å²) >= 11 is 0. The largest absolute Gasteiger partial charge is 0.449 e. The summed E-state index contributed by atoms with van der Waals surface area (Å²) in [6.45, 7) is 7.43. The van der Waals surface area contributed by atoms with Crippen molar-refractivity contribution in [3.05, 3.63) is 52.4 Å². The predicted octanol–water partition coefficient (Wildman–Crippen LogP) is 2.72. The molecule has 0 aliphatic heterocycles. The standard InChI is InChI=1S/C18H22N2O4/c1-5-15-16(12(3)24-20-15)18(22)23-13(4)17(21)19-10-14-8-6-11(2)7-9-14/h6-9,13H,5,10H2,1-4H3,(H,19,21). The summed E-state index contributed by atoms with van der Waals surface area (Å²) in [5.74, 6) is -0.552. The minimum absolute atomic E-state index is 0.302. The molecule has 1 N–H and O–H groups in total. The molecule has 128 valence electrons. The highest BCUT2D eigenvalue weighted by atomic mass is 16.5. The molecule has 0 aliphatic rings. The van der Waals surface area contributed by atoms with Crippen LogP contribution in [-0.4, -0.2) is 23.1 Å². The van der Waals surface area contributed by atoms with E-state index >= 15 is 0 Å². The smallest absolute Gasteiger partial charge is 0.344 e. The average Bonchev–Trinajstić information content (AvgIpc) is 2.94. The van der Waals surface area contributed by atoms with Crippen LogP contribution in [0.4, 0.5) is 0 Å². The lowest BCUT2D eigenvalue weighted by atomic mass is 10.1. The number of esters is 1. The number of aromatic nitrogens is 1. The van der Waals surface area contributed by atoms with Crippen LogP contribution in [-0.2, 0) is 22.5 Å². The molecule has 2 aromatic rings. The van der Waals surface area contributed by atoms with Crippen molar-refractivity contribution >= 4 is 11.9 Å². The van der Waals surface area contributed by atoms with Gasteiger partial charge in [0.25, 0.3) is 5.91 Å². The van der Waals surface area contributed by atoms with Gasteiger partial charge in [-0.3, -0.25) is 4.79 Å². The summed E-state index contributed by atoms with van der Waals surface area (Å²) in [5, 5.41) is 6.57. The van der Waals surface area contributed by atoms with Gasteiger partial charge in [-0.05, 0) is 32.8 Å². The van der Waals surface area contributed by atoms with E-state index in [-0.39, 0.29) is 5.91 Å². The molecule has 0 spiro atoms. The highest BCUT2D eigenvalue weighted by Gasteiger charge is 2.24. The molecule has 0 bridgehead atoms. The van der Waals surface area contributed by atoms with Crippen LogP contribution in [0.25, 0.3) is 0 Å². The Labute approximate surface area is 141 Å². The first-order chi connectivity index (χ1) is 11.4. The molecule has 0 saturated heterocycles. The summed E-state index contributed by atoms with van der Waals surface area (Å²) in [5.41, 5.74) is 2.97. The quantitative estimate of drug-likeness (QED) is 0.824. The molecule has 0 saturated carbocycles. The molecule has 0 radical (unpaired) electrons. The van der Waals surface area contributed by atoms with Gasteiger partial charge in [-0.25, -0.2) is 4.79 Å². The number of hydrogen-bond acceptors (Lipinski definition) is 5. The van der Waals surface area contributed by atoms with Gasteiger partial charge in [0.05, 0.1) is 5.69 Å². The maximum absolute atomic E-state index is 12.2. The van der Waals surface area contributed by atoms with E-state index in [0.29, 0.717) is 30.0 Å². The predicted molar refractivity (Wildman–Crippen MR) is 88.5 cm³/mol. The number of nitrogens with one attached hydrogen (secondary N) is 1. The van der Waals surface area contributed by atoms with Crippen LogP contribution in [0.3, 0.4) is 0 Å². The van der Waals surface area contributed by atoms with E-state index in [1.54, 1.807) is 6.92 Å². The summed E-state index contributed by atoms with van der Waals surface area (Å²) in [6, 6.07) is 7.85. The molecule has 24 heavy (non-hydrogen) atoms. The molecule has 1 amide bonds. The van der Waals surface area contributed by atoms with E-state index in [1.165, 1.54) is 6.92 Å². The normalized spacial score (nSPS) is 11.8. The first-order valence-electron chi connectivity index (χ1n) is 7.91. The van der Waals surface area contributed by atoms with Gasteiger partial charge in [0.15, 0.2) is 6.10 Å². The van der Waals surface area contributed by atoms with Crippen molar-refractivity contribution in [1.82, 2.24) is 10.5 Å². The Hall–Kier alpha value is -2.63. The van der Waals surface area contributed by atoms with E-state index in [4.69, 9.17) is 9.26 Å². The van der Waals surface area contributed by atoms with Crippen molar-refractivity contribution in [2.45, 2.75) is 46.8 Å². The Morgan fingerprint density at radius 2 is 1.92 bits per heavy atom. The zero-order valence-corrected chi connectivity index (χ0v) is 14.4. The third-order valence-corrected chi connectivity index (χ3v) is 3.71. The van der Waals surface area contributed by atoms with E-state index < -0.39 is 12.1 Å². The average molecular weight is 330 g/mol. The highest BCUT2D eigenvalue weighted by molar-refractivity contribution is 5.93. The van der Waals surface area contributed by atoms with Crippen LogP contribution in [0.15, 0.2) is 28.8 Å². The second-order valence-corrected chi connectivity index (χ2v) is 5.66. The van der Waals surface area contributed by atoms with Gasteiger partial charge in [0.2, 0.25) is 0 Å². The molecular weight excluding hydrogens is 308 g/mol. The van der Waals surface area contributed by atoms with Crippen LogP contribution in [0.1, 0.15) is 46.8 Å². The first-order valence-corrected chi connectivity index (χ1v) is 7.91. The van der Waals surface area contributed by atoms with E-state index in [2.05, 4.69) is 10.5 Å². The van der Waals surface area contributed by atoms with Crippen molar-refractivity contribution in [3.63, 3.8) is 0 Å². The molecule has 0 aliphatic carbocycles. The molecule has 0 fully saturated rings. The molecule has 6 heteroatoms. The molecule has 1 aromatic carbocycles. The molecule has 1 atom stereocenters. The van der Waals surface area contributed by atoms with Crippen LogP contribution >= 0.6 is 0 Å². The van der Waals surface area contributed by atoms with Crippen molar-refractivity contribution in [2.24, 2.45) is 0 Å². The number of hydrogen-bond donors (Lipinski definition) is 1. The minimum atomic E-state index is -0.901. The zero-order valence-electron chi connectivity index (χ0n) is 14.4. The molecular formula is C18H22N2O4. The van der Waals surface area contributed by atoms with Crippen LogP contribution in [0.2, 0.25) is 0 Å². The number of ether oxygens (including phenoxy) is 1. The lowest BCUT2D eigenvalue weighted by Gasteiger charge is -2.13. The Balaban J connectivity index is 1.92. The van der Waals surface area contributed by atoms with E-state index in [9.17, 15) is 9.59 Å². The van der Waals surface area contributed by atoms with Crippen molar-refractivity contribution in [2.75, 3.05) is 0 Å². The summed E-state index contributed by atoms with van der Waals surface area (Å²) in [4.78, 5) is 24.3. The Bertz CT molecular complexity index is 719. The SMILES string of the molecule is CCc1noc(C)c1C(=O)OC(C)C(=O)NCc1ccc(C)cc1. The molecule has 2 rings (SSSR count). The number of carbonyl (C=O) groups excluding carboxylic acids is 2. The topological polar surface area (TPSA) is 81.4 Å². The number of rotatable bonds is 6. The molecule has 6 nitrogen and oxygen atoms in total. The fourth-order valence-corrected chi connectivity index (χ4v) is 2.23. The molecule has 1 heterocycles. The fourth-order valence-electron chi connectivity index (χ4n) is 2.23. The third kappa shape index (κ3) is 4.22. The zero-order chi connectivity index (χ0) is 17.7. The lowest BCUT2D eigenvalue weighted by Crippen LogP contribution is -2.35. The van der Waals surface area contributed by atoms with Crippen molar-refractivity contribution in [1.29, 1.82) is 0 Å². The lowest BCUT2D eigenvalue weighted by molar-refractivity contribution is -0.129. The highest BCUT2D eigenvalue weighted by Crippen LogP contribution is 2.16. The summed E-state index contributed by atoms with van der Waals surface area (Å²) < 4.78 is 10.2. The van der Waals surface area contributed by atoms with Crippen molar-refractivity contribution in [3.8, 4) is 0 Å². The maximum atomic E-state index is 12.2. The molecule has 1 unspecified atom stereocenters. The van der Waals surface area contributed by atoms with Crippen LogP contribution in [0, 0.1) is 13.8 Å². The fraction of sp³-hybridized carbons (Fsp3) is 0.389. The van der Waals surface area contributed by atoms with E-state index in [1.807, 2.05) is 38.1 Å². The van der Waals surface area contributed by atoms with Gasteiger partial charge in [0.1, 0.15) is 11.3 Å². The molecule has 1 aromatic heterocycles. The summed E-state index contributed by atoms with van der Waals surface area (Å²) in [7, 11) is 0. The minimum Gasteiger partial charge on any atom is -0.449 e. The first kappa shape index (κ1) is 17.7. The van der Waals surface area contributed by atoms with Gasteiger partial charge in [-0.2, -0.15) is 0 Å². The summed E-state index contributed by atoms with van der Waals surface area (Å²) in [6.07, 6.45) is -0.350. The second kappa shape index (κ2) is 7.77. The van der Waals surface area contributed by atoms with Gasteiger partial charge >= 0.3 is 5.97 Å². The monoisotopic (exact) mass is 330 g/mol. The van der Waals surface area contributed by atoms with Gasteiger partial charge in [-0.1, -0.05) is 41.9 Å². The number of nitrogens with zero attached hydrogens (tertiary/aromatic N) is 1.